The Morgan fingerprint density at radius 3 is 2.85 bits per heavy atom. The molecule has 2 N–H and O–H groups in total. The maximum Gasteiger partial charge on any atom is 0.344 e. The molecule has 0 saturated carbocycles. The van der Waals surface area contributed by atoms with E-state index in [0.717, 1.165) is 18.7 Å². The third-order valence-corrected chi connectivity index (χ3v) is 3.99. The predicted octanol–water partition coefficient (Wildman–Crippen LogP) is 1.92. The van der Waals surface area contributed by atoms with E-state index in [1.807, 2.05) is 20.8 Å². The molecule has 0 radical (unpaired) electrons. The van der Waals surface area contributed by atoms with Crippen LogP contribution in [0.1, 0.15) is 46.6 Å². The van der Waals surface area contributed by atoms with Crippen LogP contribution in [0.15, 0.2) is 9.95 Å². The van der Waals surface area contributed by atoms with Crippen LogP contribution in [0.3, 0.4) is 0 Å². The summed E-state index contributed by atoms with van der Waals surface area (Å²) in [4.78, 5) is 11.6. The Balaban J connectivity index is 2.60. The fraction of sp³-hybridized carbons (Fsp3) is 0.769. The zero-order valence-corrected chi connectivity index (χ0v) is 13.4. The van der Waals surface area contributed by atoms with E-state index in [0.29, 0.717) is 11.6 Å². The van der Waals surface area contributed by atoms with E-state index < -0.39 is 5.54 Å². The lowest BCUT2D eigenvalue weighted by Crippen LogP contribution is -2.41. The lowest BCUT2D eigenvalue weighted by molar-refractivity contribution is 0.437. The number of rotatable bonds is 8. The van der Waals surface area contributed by atoms with Gasteiger partial charge in [-0.15, -0.1) is 5.10 Å². The minimum Gasteiger partial charge on any atom is -0.300 e. The van der Waals surface area contributed by atoms with Gasteiger partial charge in [-0.1, -0.05) is 18.7 Å². The number of hydrogen-bond acceptors (Lipinski definition) is 5. The van der Waals surface area contributed by atoms with Gasteiger partial charge in [0.05, 0.1) is 6.07 Å². The van der Waals surface area contributed by atoms with Gasteiger partial charge >= 0.3 is 5.69 Å². The Hall–Kier alpha value is -1.26. The second-order valence-electron chi connectivity index (χ2n) is 5.24. The van der Waals surface area contributed by atoms with Gasteiger partial charge in [0.15, 0.2) is 5.16 Å². The molecule has 0 aromatic carbocycles. The number of H-pyrrole nitrogens is 1. The first-order chi connectivity index (χ1) is 9.43. The number of aromatic nitrogens is 3. The third kappa shape index (κ3) is 4.39. The second-order valence-corrected chi connectivity index (χ2v) is 6.31. The van der Waals surface area contributed by atoms with E-state index in [1.165, 1.54) is 11.8 Å². The van der Waals surface area contributed by atoms with Crippen LogP contribution in [0.4, 0.5) is 0 Å². The monoisotopic (exact) mass is 297 g/mol. The van der Waals surface area contributed by atoms with Crippen LogP contribution in [0.5, 0.6) is 0 Å². The number of aromatic amines is 1. The van der Waals surface area contributed by atoms with Crippen molar-refractivity contribution in [1.82, 2.24) is 20.1 Å². The van der Waals surface area contributed by atoms with Crippen LogP contribution in [-0.4, -0.2) is 32.6 Å². The van der Waals surface area contributed by atoms with Crippen LogP contribution in [0.25, 0.3) is 0 Å². The predicted molar refractivity (Wildman–Crippen MR) is 80.9 cm³/mol. The van der Waals surface area contributed by atoms with Crippen molar-refractivity contribution in [2.75, 3.05) is 12.3 Å². The van der Waals surface area contributed by atoms with Crippen molar-refractivity contribution in [3.63, 3.8) is 0 Å². The third-order valence-electron chi connectivity index (χ3n) is 3.03. The first-order valence-corrected chi connectivity index (χ1v) is 7.88. The van der Waals surface area contributed by atoms with Crippen molar-refractivity contribution >= 4 is 11.8 Å². The summed E-state index contributed by atoms with van der Waals surface area (Å²) in [5.74, 6) is 0.734. The largest absolute Gasteiger partial charge is 0.344 e. The van der Waals surface area contributed by atoms with Crippen molar-refractivity contribution in [3.8, 4) is 6.07 Å². The molecule has 1 aromatic heterocycles. The maximum absolute atomic E-state index is 11.6. The normalized spacial score (nSPS) is 14.2. The van der Waals surface area contributed by atoms with Gasteiger partial charge in [0.1, 0.15) is 5.54 Å². The Morgan fingerprint density at radius 2 is 2.30 bits per heavy atom. The molecule has 0 aliphatic carbocycles. The van der Waals surface area contributed by atoms with E-state index in [9.17, 15) is 10.1 Å². The maximum atomic E-state index is 11.6. The Labute approximate surface area is 123 Å². The van der Waals surface area contributed by atoms with E-state index in [-0.39, 0.29) is 11.7 Å². The molecule has 7 heteroatoms. The number of nitrogens with zero attached hydrogens (tertiary/aromatic N) is 3. The molecule has 0 aliphatic rings. The van der Waals surface area contributed by atoms with Crippen LogP contribution < -0.4 is 11.0 Å². The highest BCUT2D eigenvalue weighted by Crippen LogP contribution is 2.21. The van der Waals surface area contributed by atoms with Crippen LogP contribution in [0, 0.1) is 11.3 Å². The van der Waals surface area contributed by atoms with Crippen molar-refractivity contribution in [2.45, 2.75) is 57.3 Å². The molecule has 1 unspecified atom stereocenters. The van der Waals surface area contributed by atoms with Crippen molar-refractivity contribution in [2.24, 2.45) is 0 Å². The zero-order valence-electron chi connectivity index (χ0n) is 12.6. The molecule has 1 aromatic rings. The first kappa shape index (κ1) is 16.8. The topological polar surface area (TPSA) is 86.5 Å². The summed E-state index contributed by atoms with van der Waals surface area (Å²) < 4.78 is 1.63. The lowest BCUT2D eigenvalue weighted by atomic mass is 10.0. The molecule has 0 spiro atoms. The van der Waals surface area contributed by atoms with Crippen LogP contribution >= 0.6 is 11.8 Å². The number of nitriles is 1. The number of hydrogen-bond donors (Lipinski definition) is 2. The molecular weight excluding hydrogens is 274 g/mol. The summed E-state index contributed by atoms with van der Waals surface area (Å²) in [6.45, 7) is 8.70. The van der Waals surface area contributed by atoms with Gasteiger partial charge < -0.3 is 0 Å². The van der Waals surface area contributed by atoms with Gasteiger partial charge in [0, 0.05) is 11.8 Å². The van der Waals surface area contributed by atoms with Gasteiger partial charge in [-0.3, -0.25) is 9.88 Å². The summed E-state index contributed by atoms with van der Waals surface area (Å²) in [5, 5.41) is 19.7. The van der Waals surface area contributed by atoms with Gasteiger partial charge in [-0.05, 0) is 40.2 Å². The van der Waals surface area contributed by atoms with Gasteiger partial charge in [-0.25, -0.2) is 9.89 Å². The minimum absolute atomic E-state index is 0.0734. The SMILES string of the molecule is CCCNC(C)(C#N)CCSc1n[nH]c(=O)n1C(C)C. The highest BCUT2D eigenvalue weighted by Gasteiger charge is 2.23. The van der Waals surface area contributed by atoms with Crippen molar-refractivity contribution < 1.29 is 0 Å². The second kappa shape index (κ2) is 7.50. The fourth-order valence-corrected chi connectivity index (χ4v) is 3.01. The van der Waals surface area contributed by atoms with E-state index in [1.54, 1.807) is 4.57 Å². The summed E-state index contributed by atoms with van der Waals surface area (Å²) in [7, 11) is 0. The first-order valence-electron chi connectivity index (χ1n) is 6.89. The standard InChI is InChI=1S/C13H23N5OS/c1-5-7-15-13(4,9-14)6-8-20-12-17-16-11(19)18(12)10(2)3/h10,15H,5-8H2,1-4H3,(H,16,19). The Morgan fingerprint density at radius 1 is 1.60 bits per heavy atom. The average molecular weight is 297 g/mol. The molecule has 0 bridgehead atoms. The molecule has 0 saturated heterocycles. The summed E-state index contributed by atoms with van der Waals surface area (Å²) in [6, 6.07) is 2.39. The highest BCUT2D eigenvalue weighted by atomic mass is 32.2. The van der Waals surface area contributed by atoms with Crippen LogP contribution in [0.2, 0.25) is 0 Å². The Kier molecular flexibility index (Phi) is 6.30. The molecule has 1 atom stereocenters. The lowest BCUT2D eigenvalue weighted by Gasteiger charge is -2.22. The van der Waals surface area contributed by atoms with Gasteiger partial charge in [0.25, 0.3) is 0 Å². The molecule has 20 heavy (non-hydrogen) atoms. The summed E-state index contributed by atoms with van der Waals surface area (Å²) >= 11 is 1.50. The highest BCUT2D eigenvalue weighted by molar-refractivity contribution is 7.99. The molecule has 112 valence electrons. The molecule has 0 aliphatic heterocycles. The molecule has 6 nitrogen and oxygen atoms in total. The molecule has 0 amide bonds. The summed E-state index contributed by atoms with van der Waals surface area (Å²) in [5.41, 5.74) is -0.711. The minimum atomic E-state index is -0.526. The Bertz CT molecular complexity index is 516. The van der Waals surface area contributed by atoms with E-state index >= 15 is 0 Å². The van der Waals surface area contributed by atoms with Gasteiger partial charge in [0.2, 0.25) is 0 Å². The molecule has 1 rings (SSSR count). The van der Waals surface area contributed by atoms with E-state index in [2.05, 4.69) is 28.5 Å². The summed E-state index contributed by atoms with van der Waals surface area (Å²) in [6.07, 6.45) is 1.70. The van der Waals surface area contributed by atoms with Gasteiger partial charge in [-0.2, -0.15) is 5.26 Å². The number of nitrogens with one attached hydrogen (secondary N) is 2. The fourth-order valence-electron chi connectivity index (χ4n) is 1.78. The van der Waals surface area contributed by atoms with Crippen molar-refractivity contribution in [1.29, 1.82) is 5.26 Å². The van der Waals surface area contributed by atoms with Crippen LogP contribution in [-0.2, 0) is 0 Å². The quantitative estimate of drug-likeness (QED) is 0.716. The zero-order chi connectivity index (χ0) is 15.2. The smallest absolute Gasteiger partial charge is 0.300 e. The molecule has 0 fully saturated rings. The number of thioether (sulfide) groups is 1. The molecule has 1 heterocycles. The van der Waals surface area contributed by atoms with Crippen molar-refractivity contribution in [3.05, 3.63) is 10.5 Å². The molecular formula is C13H23N5OS. The average Bonchev–Trinajstić information content (AvgIpc) is 2.78. The van der Waals surface area contributed by atoms with E-state index in [4.69, 9.17) is 0 Å².